The normalized spacial score (nSPS) is 11.6. The summed E-state index contributed by atoms with van der Waals surface area (Å²) in [6.07, 6.45) is 1.67. The number of hydrogen-bond donors (Lipinski definition) is 1. The Morgan fingerprint density at radius 3 is 2.54 bits per heavy atom. The van der Waals surface area contributed by atoms with Crippen molar-refractivity contribution in [3.63, 3.8) is 0 Å². The van der Waals surface area contributed by atoms with Crippen molar-refractivity contribution in [2.24, 2.45) is 0 Å². The molecular weight excluding hydrogens is 362 g/mol. The van der Waals surface area contributed by atoms with E-state index in [2.05, 4.69) is 10.3 Å². The monoisotopic (exact) mass is 379 g/mol. The summed E-state index contributed by atoms with van der Waals surface area (Å²) in [4.78, 5) is 39.4. The minimum Gasteiger partial charge on any atom is -0.467 e. The Kier molecular flexibility index (Phi) is 5.59. The molecule has 8 heteroatoms. The van der Waals surface area contributed by atoms with Gasteiger partial charge in [-0.3, -0.25) is 19.9 Å². The minimum atomic E-state index is -0.939. The molecule has 2 aromatic carbocycles. The van der Waals surface area contributed by atoms with E-state index in [4.69, 9.17) is 4.74 Å². The van der Waals surface area contributed by atoms with Crippen LogP contribution in [0.2, 0.25) is 0 Å². The summed E-state index contributed by atoms with van der Waals surface area (Å²) < 4.78 is 4.80. The van der Waals surface area contributed by atoms with Gasteiger partial charge in [-0.25, -0.2) is 4.79 Å². The SMILES string of the molecule is COC(=O)[C@H](Cc1ccc([N+](=O)[O-])cc1)NC(=O)c1ccnc2ccccc12. The number of nitrogens with one attached hydrogen (secondary N) is 1. The quantitative estimate of drug-likeness (QED) is 0.400. The van der Waals surface area contributed by atoms with Crippen LogP contribution < -0.4 is 5.32 Å². The predicted molar refractivity (Wildman–Crippen MR) is 102 cm³/mol. The summed E-state index contributed by atoms with van der Waals surface area (Å²) in [6, 6.07) is 13.6. The van der Waals surface area contributed by atoms with E-state index >= 15 is 0 Å². The number of benzene rings is 2. The molecule has 0 aliphatic heterocycles. The highest BCUT2D eigenvalue weighted by Gasteiger charge is 2.23. The van der Waals surface area contributed by atoms with Crippen LogP contribution in [0.1, 0.15) is 15.9 Å². The highest BCUT2D eigenvalue weighted by Crippen LogP contribution is 2.17. The van der Waals surface area contributed by atoms with Gasteiger partial charge in [-0.1, -0.05) is 30.3 Å². The van der Waals surface area contributed by atoms with Crippen molar-refractivity contribution in [2.45, 2.75) is 12.5 Å². The van der Waals surface area contributed by atoms with E-state index in [0.29, 0.717) is 22.0 Å². The number of hydrogen-bond acceptors (Lipinski definition) is 6. The van der Waals surface area contributed by atoms with Crippen molar-refractivity contribution in [3.8, 4) is 0 Å². The fourth-order valence-electron chi connectivity index (χ4n) is 2.85. The molecule has 0 radical (unpaired) electrons. The van der Waals surface area contributed by atoms with Crippen LogP contribution >= 0.6 is 0 Å². The second-order valence-corrected chi connectivity index (χ2v) is 6.05. The van der Waals surface area contributed by atoms with Gasteiger partial charge in [0.1, 0.15) is 6.04 Å². The number of para-hydroxylation sites is 1. The molecule has 0 fully saturated rings. The van der Waals surface area contributed by atoms with Gasteiger partial charge in [0.15, 0.2) is 0 Å². The number of methoxy groups -OCH3 is 1. The zero-order valence-electron chi connectivity index (χ0n) is 15.0. The molecule has 0 spiro atoms. The van der Waals surface area contributed by atoms with Crippen LogP contribution in [-0.4, -0.2) is 34.9 Å². The first kappa shape index (κ1) is 19.0. The lowest BCUT2D eigenvalue weighted by molar-refractivity contribution is -0.384. The van der Waals surface area contributed by atoms with Gasteiger partial charge < -0.3 is 10.1 Å². The molecule has 0 saturated heterocycles. The summed E-state index contributed by atoms with van der Waals surface area (Å²) in [7, 11) is 1.24. The second kappa shape index (κ2) is 8.26. The molecule has 1 amide bonds. The molecule has 3 aromatic rings. The van der Waals surface area contributed by atoms with E-state index < -0.39 is 22.8 Å². The first-order chi connectivity index (χ1) is 13.5. The topological polar surface area (TPSA) is 111 Å². The van der Waals surface area contributed by atoms with E-state index in [1.165, 1.54) is 25.4 Å². The molecule has 28 heavy (non-hydrogen) atoms. The Hall–Kier alpha value is -3.81. The third-order valence-corrected chi connectivity index (χ3v) is 4.27. The molecule has 1 aromatic heterocycles. The van der Waals surface area contributed by atoms with Gasteiger partial charge >= 0.3 is 5.97 Å². The number of amides is 1. The van der Waals surface area contributed by atoms with Gasteiger partial charge in [0.25, 0.3) is 11.6 Å². The van der Waals surface area contributed by atoms with E-state index in [1.807, 2.05) is 6.07 Å². The number of nitro groups is 1. The molecule has 0 aliphatic carbocycles. The zero-order chi connectivity index (χ0) is 20.1. The summed E-state index contributed by atoms with van der Waals surface area (Å²) in [5, 5.41) is 14.1. The summed E-state index contributed by atoms with van der Waals surface area (Å²) in [5.74, 6) is -1.04. The van der Waals surface area contributed by atoms with Crippen molar-refractivity contribution in [1.29, 1.82) is 0 Å². The predicted octanol–water partition coefficient (Wildman–Crippen LogP) is 2.66. The number of non-ortho nitro benzene ring substituents is 1. The van der Waals surface area contributed by atoms with Gasteiger partial charge in [0.2, 0.25) is 0 Å². The fourth-order valence-corrected chi connectivity index (χ4v) is 2.85. The molecule has 0 bridgehead atoms. The molecule has 1 N–H and O–H groups in total. The van der Waals surface area contributed by atoms with Gasteiger partial charge in [-0.15, -0.1) is 0 Å². The van der Waals surface area contributed by atoms with E-state index in [-0.39, 0.29) is 12.1 Å². The average Bonchev–Trinajstić information content (AvgIpc) is 2.72. The first-order valence-corrected chi connectivity index (χ1v) is 8.45. The van der Waals surface area contributed by atoms with Crippen LogP contribution in [0, 0.1) is 10.1 Å². The molecule has 3 rings (SSSR count). The molecule has 0 aliphatic rings. The number of pyridine rings is 1. The Morgan fingerprint density at radius 1 is 1.14 bits per heavy atom. The average molecular weight is 379 g/mol. The lowest BCUT2D eigenvalue weighted by Gasteiger charge is -2.17. The number of ether oxygens (including phenoxy) is 1. The maximum absolute atomic E-state index is 12.8. The van der Waals surface area contributed by atoms with Crippen molar-refractivity contribution in [1.82, 2.24) is 10.3 Å². The van der Waals surface area contributed by atoms with Crippen LogP contribution in [0.15, 0.2) is 60.8 Å². The second-order valence-electron chi connectivity index (χ2n) is 6.05. The van der Waals surface area contributed by atoms with E-state index in [0.717, 1.165) is 0 Å². The number of esters is 1. The highest BCUT2D eigenvalue weighted by molar-refractivity contribution is 6.07. The van der Waals surface area contributed by atoms with Crippen molar-refractivity contribution in [2.75, 3.05) is 7.11 Å². The van der Waals surface area contributed by atoms with Gasteiger partial charge in [0.05, 0.1) is 23.1 Å². The lowest BCUT2D eigenvalue weighted by atomic mass is 10.0. The number of rotatable bonds is 6. The zero-order valence-corrected chi connectivity index (χ0v) is 15.0. The highest BCUT2D eigenvalue weighted by atomic mass is 16.6. The smallest absolute Gasteiger partial charge is 0.328 e. The third-order valence-electron chi connectivity index (χ3n) is 4.27. The largest absolute Gasteiger partial charge is 0.467 e. The molecule has 1 atom stereocenters. The Balaban J connectivity index is 1.83. The number of aromatic nitrogens is 1. The Labute approximate surface area is 160 Å². The van der Waals surface area contributed by atoms with Gasteiger partial charge in [-0.05, 0) is 17.7 Å². The van der Waals surface area contributed by atoms with Crippen LogP contribution in [0.4, 0.5) is 5.69 Å². The maximum Gasteiger partial charge on any atom is 0.328 e. The first-order valence-electron chi connectivity index (χ1n) is 8.45. The fraction of sp³-hybridized carbons (Fsp3) is 0.150. The molecule has 1 heterocycles. The van der Waals surface area contributed by atoms with Crippen molar-refractivity contribution < 1.29 is 19.2 Å². The number of carbonyl (C=O) groups excluding carboxylic acids is 2. The third kappa shape index (κ3) is 4.12. The number of nitro benzene ring substituents is 1. The molecule has 0 saturated carbocycles. The van der Waals surface area contributed by atoms with Gasteiger partial charge in [0, 0.05) is 30.1 Å². The molecule has 8 nitrogen and oxygen atoms in total. The molecule has 142 valence electrons. The van der Waals surface area contributed by atoms with Crippen LogP contribution in [0.3, 0.4) is 0 Å². The minimum absolute atomic E-state index is 0.0503. The van der Waals surface area contributed by atoms with Crippen LogP contribution in [-0.2, 0) is 16.0 Å². The number of fused-ring (bicyclic) bond motifs is 1. The summed E-state index contributed by atoms with van der Waals surface area (Å²) in [6.45, 7) is 0. The van der Waals surface area contributed by atoms with Crippen LogP contribution in [0.25, 0.3) is 10.9 Å². The summed E-state index contributed by atoms with van der Waals surface area (Å²) in [5.41, 5.74) is 1.66. The van der Waals surface area contributed by atoms with Crippen molar-refractivity contribution >= 4 is 28.5 Å². The molecular formula is C20H17N3O5. The number of carbonyl (C=O) groups is 2. The lowest BCUT2D eigenvalue weighted by Crippen LogP contribution is -2.43. The van der Waals surface area contributed by atoms with E-state index in [1.54, 1.807) is 36.4 Å². The Morgan fingerprint density at radius 2 is 1.86 bits per heavy atom. The molecule has 0 unspecified atom stereocenters. The van der Waals surface area contributed by atoms with Gasteiger partial charge in [-0.2, -0.15) is 0 Å². The maximum atomic E-state index is 12.8. The van der Waals surface area contributed by atoms with Crippen LogP contribution in [0.5, 0.6) is 0 Å². The Bertz CT molecular complexity index is 1030. The number of nitrogens with zero attached hydrogens (tertiary/aromatic N) is 2. The summed E-state index contributed by atoms with van der Waals surface area (Å²) >= 11 is 0. The van der Waals surface area contributed by atoms with E-state index in [9.17, 15) is 19.7 Å². The van der Waals surface area contributed by atoms with Crippen molar-refractivity contribution in [3.05, 3.63) is 82.0 Å². The standard InChI is InChI=1S/C20H17N3O5/c1-28-20(25)18(12-13-6-8-14(9-7-13)23(26)27)22-19(24)16-10-11-21-17-5-3-2-4-15(16)17/h2-11,18H,12H2,1H3,(H,22,24)/t18-/m0/s1.